The van der Waals surface area contributed by atoms with Crippen LogP contribution < -0.4 is 11.1 Å². The smallest absolute Gasteiger partial charge is 0.408 e. The second-order valence-corrected chi connectivity index (χ2v) is 3.42. The summed E-state index contributed by atoms with van der Waals surface area (Å²) >= 11 is 0. The Kier molecular flexibility index (Phi) is 4.56. The first-order valence-electron chi connectivity index (χ1n) is 4.56. The molecule has 0 aliphatic carbocycles. The zero-order chi connectivity index (χ0) is 11.4. The summed E-state index contributed by atoms with van der Waals surface area (Å²) in [7, 11) is 1.23. The Balaban J connectivity index is 4.73. The van der Waals surface area contributed by atoms with Crippen molar-refractivity contribution >= 4 is 11.9 Å². The van der Waals surface area contributed by atoms with E-state index in [1.165, 1.54) is 7.11 Å². The average Bonchev–Trinajstić information content (AvgIpc) is 2.15. The van der Waals surface area contributed by atoms with Crippen LogP contribution in [0.1, 0.15) is 27.2 Å². The van der Waals surface area contributed by atoms with E-state index < -0.39 is 11.8 Å². The molecule has 1 atom stereocenters. The number of hydrogen-bond donors (Lipinski definition) is 2. The number of nitrogens with one attached hydrogen (secondary N) is 1. The van der Waals surface area contributed by atoms with Gasteiger partial charge >= 0.3 is 6.09 Å². The van der Waals surface area contributed by atoms with Crippen molar-refractivity contribution in [2.75, 3.05) is 7.11 Å². The lowest BCUT2D eigenvalue weighted by Gasteiger charge is -2.31. The molecule has 0 aliphatic rings. The van der Waals surface area contributed by atoms with E-state index in [0.717, 1.165) is 0 Å². The van der Waals surface area contributed by atoms with Gasteiger partial charge in [-0.3, -0.25) is 10.1 Å². The normalized spacial score (nSPS) is 14.7. The minimum absolute atomic E-state index is 0.186. The summed E-state index contributed by atoms with van der Waals surface area (Å²) in [5, 5.41) is 2.36. The van der Waals surface area contributed by atoms with Crippen LogP contribution in [0.4, 0.5) is 4.79 Å². The van der Waals surface area contributed by atoms with Crippen LogP contribution in [-0.2, 0) is 9.53 Å². The molecule has 5 heteroatoms. The lowest BCUT2D eigenvalue weighted by Crippen LogP contribution is -2.64. The van der Waals surface area contributed by atoms with Gasteiger partial charge in [0.05, 0.1) is 7.11 Å². The van der Waals surface area contributed by atoms with Crippen molar-refractivity contribution in [3.8, 4) is 0 Å². The maximum Gasteiger partial charge on any atom is 0.408 e. The Bertz CT molecular complexity index is 228. The summed E-state index contributed by atoms with van der Waals surface area (Å²) in [6, 6.07) is 0. The molecule has 0 unspecified atom stereocenters. The van der Waals surface area contributed by atoms with Crippen molar-refractivity contribution in [3.63, 3.8) is 0 Å². The van der Waals surface area contributed by atoms with Gasteiger partial charge in [0.2, 0.25) is 0 Å². The summed E-state index contributed by atoms with van der Waals surface area (Å²) in [5.41, 5.74) is 4.48. The van der Waals surface area contributed by atoms with E-state index in [2.05, 4.69) is 10.1 Å². The summed E-state index contributed by atoms with van der Waals surface area (Å²) in [5.74, 6) is -0.396. The maximum atomic E-state index is 11.5. The van der Waals surface area contributed by atoms with Crippen LogP contribution in [0.2, 0.25) is 0 Å². The third-order valence-corrected chi connectivity index (χ3v) is 2.19. The van der Waals surface area contributed by atoms with Gasteiger partial charge in [-0.25, -0.2) is 4.79 Å². The number of hydrogen-bond acceptors (Lipinski definition) is 4. The Labute approximate surface area is 84.0 Å². The van der Waals surface area contributed by atoms with Gasteiger partial charge in [0.1, 0.15) is 0 Å². The Morgan fingerprint density at radius 3 is 2.29 bits per heavy atom. The van der Waals surface area contributed by atoms with Gasteiger partial charge in [0.25, 0.3) is 0 Å². The highest BCUT2D eigenvalue weighted by Crippen LogP contribution is 2.13. The lowest BCUT2D eigenvalue weighted by atomic mass is 9.91. The number of ketones is 1. The van der Waals surface area contributed by atoms with Crippen LogP contribution in [0.15, 0.2) is 0 Å². The summed E-state index contributed by atoms with van der Waals surface area (Å²) < 4.78 is 4.41. The third-order valence-electron chi connectivity index (χ3n) is 2.19. The van der Waals surface area contributed by atoms with Crippen molar-refractivity contribution in [1.29, 1.82) is 0 Å². The van der Waals surface area contributed by atoms with Crippen molar-refractivity contribution in [2.24, 2.45) is 11.7 Å². The molecule has 0 saturated carbocycles. The summed E-state index contributed by atoms with van der Waals surface area (Å²) in [6.07, 6.45) is -0.415. The average molecular weight is 202 g/mol. The number of methoxy groups -OCH3 is 1. The highest BCUT2D eigenvalue weighted by atomic mass is 16.5. The molecule has 3 N–H and O–H groups in total. The summed E-state index contributed by atoms with van der Waals surface area (Å²) in [4.78, 5) is 22.5. The second-order valence-electron chi connectivity index (χ2n) is 3.42. The van der Waals surface area contributed by atoms with Gasteiger partial charge in [-0.05, 0) is 5.92 Å². The first kappa shape index (κ1) is 12.9. The molecule has 14 heavy (non-hydrogen) atoms. The number of Topliss-reactive ketones (excluding diaryl/α,β-unsaturated/α-hetero) is 1. The number of rotatable bonds is 4. The van der Waals surface area contributed by atoms with E-state index in [9.17, 15) is 9.59 Å². The fourth-order valence-corrected chi connectivity index (χ4v) is 1.05. The number of nitrogens with two attached hydrogens (primary N) is 1. The molecule has 0 radical (unpaired) electrons. The fourth-order valence-electron chi connectivity index (χ4n) is 1.05. The zero-order valence-electron chi connectivity index (χ0n) is 9.09. The third kappa shape index (κ3) is 2.70. The number of carbonyl (C=O) groups excluding carboxylic acids is 2. The van der Waals surface area contributed by atoms with Gasteiger partial charge in [0, 0.05) is 6.42 Å². The van der Waals surface area contributed by atoms with Crippen LogP contribution in [-0.4, -0.2) is 24.6 Å². The Morgan fingerprint density at radius 1 is 1.50 bits per heavy atom. The van der Waals surface area contributed by atoms with E-state index >= 15 is 0 Å². The SMILES string of the molecule is CCC(=O)[C@@](N)(NC(=O)OC)C(C)C. The van der Waals surface area contributed by atoms with Gasteiger partial charge in [0.15, 0.2) is 11.4 Å². The zero-order valence-corrected chi connectivity index (χ0v) is 9.09. The van der Waals surface area contributed by atoms with Crippen LogP contribution in [0.5, 0.6) is 0 Å². The van der Waals surface area contributed by atoms with E-state index in [0.29, 0.717) is 0 Å². The van der Waals surface area contributed by atoms with Gasteiger partial charge in [-0.1, -0.05) is 20.8 Å². The van der Waals surface area contributed by atoms with Crippen LogP contribution in [0.3, 0.4) is 0 Å². The molecule has 0 heterocycles. The maximum absolute atomic E-state index is 11.5. The first-order valence-corrected chi connectivity index (χ1v) is 4.56. The molecule has 0 aromatic heterocycles. The van der Waals surface area contributed by atoms with Crippen molar-refractivity contribution in [1.82, 2.24) is 5.32 Å². The fraction of sp³-hybridized carbons (Fsp3) is 0.778. The van der Waals surface area contributed by atoms with Crippen LogP contribution in [0.25, 0.3) is 0 Å². The molecule has 0 fully saturated rings. The van der Waals surface area contributed by atoms with E-state index in [1.54, 1.807) is 20.8 Å². The van der Waals surface area contributed by atoms with E-state index in [1.807, 2.05) is 0 Å². The minimum Gasteiger partial charge on any atom is -0.453 e. The largest absolute Gasteiger partial charge is 0.453 e. The van der Waals surface area contributed by atoms with Crippen LogP contribution >= 0.6 is 0 Å². The molecule has 5 nitrogen and oxygen atoms in total. The molecular formula is C9H18N2O3. The topological polar surface area (TPSA) is 81.4 Å². The molecule has 82 valence electrons. The molecule has 0 bridgehead atoms. The van der Waals surface area contributed by atoms with E-state index in [4.69, 9.17) is 5.73 Å². The van der Waals surface area contributed by atoms with Crippen molar-refractivity contribution < 1.29 is 14.3 Å². The summed E-state index contributed by atoms with van der Waals surface area (Å²) in [6.45, 7) is 5.23. The van der Waals surface area contributed by atoms with Gasteiger partial charge in [-0.15, -0.1) is 0 Å². The molecule has 0 rings (SSSR count). The Hall–Kier alpha value is -1.10. The monoisotopic (exact) mass is 202 g/mol. The van der Waals surface area contributed by atoms with Crippen molar-refractivity contribution in [2.45, 2.75) is 32.9 Å². The lowest BCUT2D eigenvalue weighted by molar-refractivity contribution is -0.126. The quantitative estimate of drug-likeness (QED) is 0.655. The van der Waals surface area contributed by atoms with E-state index in [-0.39, 0.29) is 18.1 Å². The van der Waals surface area contributed by atoms with Gasteiger partial charge in [-0.2, -0.15) is 0 Å². The van der Waals surface area contributed by atoms with Crippen LogP contribution in [0, 0.1) is 5.92 Å². The second kappa shape index (κ2) is 4.95. The predicted molar refractivity (Wildman–Crippen MR) is 52.6 cm³/mol. The molecule has 0 aromatic rings. The molecule has 0 aliphatic heterocycles. The molecule has 0 aromatic carbocycles. The first-order chi connectivity index (χ1) is 6.38. The number of amides is 1. The van der Waals surface area contributed by atoms with Crippen molar-refractivity contribution in [3.05, 3.63) is 0 Å². The predicted octanol–water partition coefficient (Wildman–Crippen LogP) is 0.632. The highest BCUT2D eigenvalue weighted by Gasteiger charge is 2.37. The number of ether oxygens (including phenoxy) is 1. The standard InChI is InChI=1S/C9H18N2O3/c1-5-7(12)9(10,6(2)3)11-8(13)14-4/h6H,5,10H2,1-4H3,(H,11,13)/t9-/m0/s1. The highest BCUT2D eigenvalue weighted by molar-refractivity contribution is 5.91. The van der Waals surface area contributed by atoms with Gasteiger partial charge < -0.3 is 10.5 Å². The number of carbonyl (C=O) groups is 2. The molecule has 1 amide bonds. The minimum atomic E-state index is -1.33. The number of alkyl carbamates (subject to hydrolysis) is 1. The Morgan fingerprint density at radius 2 is 2.00 bits per heavy atom. The molecule has 0 saturated heterocycles. The molecule has 0 spiro atoms. The molecular weight excluding hydrogens is 184 g/mol.